The van der Waals surface area contributed by atoms with Crippen molar-refractivity contribution in [1.29, 1.82) is 0 Å². The van der Waals surface area contributed by atoms with Gasteiger partial charge in [0.15, 0.2) is 17.6 Å². The van der Waals surface area contributed by atoms with Gasteiger partial charge in [-0.05, 0) is 18.9 Å². The number of rotatable bonds is 10. The molecule has 0 aliphatic rings. The van der Waals surface area contributed by atoms with Crippen LogP contribution >= 0.6 is 0 Å². The van der Waals surface area contributed by atoms with Crippen LogP contribution in [0.25, 0.3) is 6.08 Å². The zero-order valence-corrected chi connectivity index (χ0v) is 17.3. The summed E-state index contributed by atoms with van der Waals surface area (Å²) in [5.41, 5.74) is -1.20. The minimum Gasteiger partial charge on any atom is -0.450 e. The van der Waals surface area contributed by atoms with Crippen molar-refractivity contribution in [2.75, 3.05) is 20.7 Å². The first-order valence-electron chi connectivity index (χ1n) is 9.40. The van der Waals surface area contributed by atoms with E-state index in [-0.39, 0.29) is 6.61 Å². The molecule has 0 saturated carbocycles. The average Bonchev–Trinajstić information content (AvgIpc) is 2.69. The number of hydrogen-bond donors (Lipinski definition) is 2. The molecule has 3 amide bonds. The number of nitrogens with one attached hydrogen (secondary N) is 2. The van der Waals surface area contributed by atoms with Crippen molar-refractivity contribution in [3.8, 4) is 0 Å². The van der Waals surface area contributed by atoms with Crippen molar-refractivity contribution < 1.29 is 23.9 Å². The van der Waals surface area contributed by atoms with Gasteiger partial charge in [0.2, 0.25) is 0 Å². The fraction of sp³-hybridized carbons (Fsp3) is 0.429. The summed E-state index contributed by atoms with van der Waals surface area (Å²) < 4.78 is 5.10. The summed E-state index contributed by atoms with van der Waals surface area (Å²) >= 11 is 0. The summed E-state index contributed by atoms with van der Waals surface area (Å²) in [7, 11) is 2.96. The molecule has 2 N–H and O–H groups in total. The predicted molar refractivity (Wildman–Crippen MR) is 110 cm³/mol. The highest BCUT2D eigenvalue weighted by Gasteiger charge is 2.45. The van der Waals surface area contributed by atoms with Crippen LogP contribution in [0.15, 0.2) is 36.4 Å². The predicted octanol–water partition coefficient (Wildman–Crippen LogP) is 2.39. The molecule has 1 aromatic carbocycles. The van der Waals surface area contributed by atoms with Gasteiger partial charge in [0.1, 0.15) is 0 Å². The summed E-state index contributed by atoms with van der Waals surface area (Å²) in [6, 6.07) is 7.34. The van der Waals surface area contributed by atoms with Gasteiger partial charge in [-0.2, -0.15) is 0 Å². The number of urea groups is 1. The Bertz CT molecular complexity index is 733. The third-order valence-electron chi connectivity index (χ3n) is 4.26. The van der Waals surface area contributed by atoms with E-state index in [2.05, 4.69) is 10.6 Å². The van der Waals surface area contributed by atoms with Crippen molar-refractivity contribution in [1.82, 2.24) is 15.5 Å². The molecule has 29 heavy (non-hydrogen) atoms. The second-order valence-electron chi connectivity index (χ2n) is 6.75. The summed E-state index contributed by atoms with van der Waals surface area (Å²) in [6.45, 7) is 3.34. The number of hydrogen-bond acceptors (Lipinski definition) is 5. The Balaban J connectivity index is 3.26. The Morgan fingerprint density at radius 1 is 1.21 bits per heavy atom. The maximum Gasteiger partial charge on any atom is 0.407 e. The first-order chi connectivity index (χ1) is 13.8. The van der Waals surface area contributed by atoms with Gasteiger partial charge in [-0.15, -0.1) is 0 Å². The Morgan fingerprint density at radius 3 is 2.38 bits per heavy atom. The SMILES string of the molecule is CCCCOC(=O)N[C@H](/C=C/c1ccccc1)C(C=O)(NC(=O)N(C)C)C(C)=O. The lowest BCUT2D eigenvalue weighted by Crippen LogP contribution is -2.67. The van der Waals surface area contributed by atoms with Gasteiger partial charge in [0.05, 0.1) is 12.6 Å². The van der Waals surface area contributed by atoms with Gasteiger partial charge in [0, 0.05) is 14.1 Å². The lowest BCUT2D eigenvalue weighted by atomic mass is 9.86. The topological polar surface area (TPSA) is 105 Å². The highest BCUT2D eigenvalue weighted by Crippen LogP contribution is 2.15. The van der Waals surface area contributed by atoms with E-state index in [0.29, 0.717) is 12.7 Å². The molecule has 0 aromatic heterocycles. The van der Waals surface area contributed by atoms with Crippen molar-refractivity contribution in [2.45, 2.75) is 38.3 Å². The molecule has 0 heterocycles. The van der Waals surface area contributed by atoms with Crippen LogP contribution in [0.1, 0.15) is 32.3 Å². The van der Waals surface area contributed by atoms with Crippen LogP contribution in [0.2, 0.25) is 0 Å². The standard InChI is InChI=1S/C21H29N3O5/c1-5-6-14-29-20(28)22-18(13-12-17-10-8-7-9-11-17)21(15-25,16(2)26)23-19(27)24(3)4/h7-13,15,18H,5-6,14H2,1-4H3,(H,22,28)(H,23,27)/b13-12+/t18-,21?/m1/s1. The number of Topliss-reactive ketones (excluding diaryl/α,β-unsaturated/α-hetero) is 1. The van der Waals surface area contributed by atoms with Crippen LogP contribution in [-0.4, -0.2) is 61.4 Å². The Kier molecular flexibility index (Phi) is 9.58. The van der Waals surface area contributed by atoms with Gasteiger partial charge in [-0.1, -0.05) is 55.8 Å². The molecule has 0 fully saturated rings. The van der Waals surface area contributed by atoms with Crippen molar-refractivity contribution >= 4 is 30.3 Å². The van der Waals surface area contributed by atoms with Crippen molar-refractivity contribution in [3.05, 3.63) is 42.0 Å². The highest BCUT2D eigenvalue weighted by molar-refractivity contribution is 6.06. The number of nitrogens with zero attached hydrogens (tertiary/aromatic N) is 1. The summed E-state index contributed by atoms with van der Waals surface area (Å²) in [6.07, 6.45) is 4.22. The zero-order chi connectivity index (χ0) is 21.9. The fourth-order valence-electron chi connectivity index (χ4n) is 2.42. The summed E-state index contributed by atoms with van der Waals surface area (Å²) in [5, 5.41) is 4.97. The molecular formula is C21H29N3O5. The fourth-order valence-corrected chi connectivity index (χ4v) is 2.42. The summed E-state index contributed by atoms with van der Waals surface area (Å²) in [5.74, 6) is -0.626. The van der Waals surface area contributed by atoms with E-state index in [0.717, 1.165) is 12.0 Å². The molecule has 2 atom stereocenters. The van der Waals surface area contributed by atoms with Crippen LogP contribution in [0, 0.1) is 0 Å². The molecule has 0 spiro atoms. The van der Waals surface area contributed by atoms with Crippen molar-refractivity contribution in [2.24, 2.45) is 0 Å². The number of ketones is 1. The van der Waals surface area contributed by atoms with E-state index >= 15 is 0 Å². The van der Waals surface area contributed by atoms with Gasteiger partial charge in [0.25, 0.3) is 0 Å². The van der Waals surface area contributed by atoms with Gasteiger partial charge in [-0.3, -0.25) is 4.79 Å². The van der Waals surface area contributed by atoms with Gasteiger partial charge >= 0.3 is 12.1 Å². The molecule has 0 bridgehead atoms. The van der Waals surface area contributed by atoms with Gasteiger partial charge in [-0.25, -0.2) is 9.59 Å². The number of aldehydes is 1. The molecule has 0 saturated heterocycles. The minimum atomic E-state index is -1.99. The third kappa shape index (κ3) is 7.06. The van der Waals surface area contributed by atoms with Crippen LogP contribution < -0.4 is 10.6 Å². The minimum absolute atomic E-state index is 0.204. The normalized spacial score (nSPS) is 13.8. The maximum absolute atomic E-state index is 12.5. The van der Waals surface area contributed by atoms with E-state index in [1.807, 2.05) is 37.3 Å². The van der Waals surface area contributed by atoms with E-state index in [1.165, 1.54) is 32.0 Å². The van der Waals surface area contributed by atoms with E-state index in [1.54, 1.807) is 6.08 Å². The lowest BCUT2D eigenvalue weighted by Gasteiger charge is -2.34. The molecule has 8 nitrogen and oxygen atoms in total. The van der Waals surface area contributed by atoms with Crippen LogP contribution in [-0.2, 0) is 14.3 Å². The van der Waals surface area contributed by atoms with E-state index in [9.17, 15) is 19.2 Å². The first-order valence-corrected chi connectivity index (χ1v) is 9.40. The highest BCUT2D eigenvalue weighted by atomic mass is 16.5. The molecule has 158 valence electrons. The molecule has 1 unspecified atom stereocenters. The monoisotopic (exact) mass is 403 g/mol. The maximum atomic E-state index is 12.5. The quantitative estimate of drug-likeness (QED) is 0.355. The van der Waals surface area contributed by atoms with Gasteiger partial charge < -0.3 is 25.1 Å². The molecule has 0 radical (unpaired) electrons. The third-order valence-corrected chi connectivity index (χ3v) is 4.26. The molecule has 0 aliphatic heterocycles. The Morgan fingerprint density at radius 2 is 1.86 bits per heavy atom. The molecule has 0 aliphatic carbocycles. The number of unbranched alkanes of at least 4 members (excludes halogenated alkanes) is 1. The molecule has 1 rings (SSSR count). The second-order valence-corrected chi connectivity index (χ2v) is 6.75. The number of amides is 3. The lowest BCUT2D eigenvalue weighted by molar-refractivity contribution is -0.129. The Hall–Kier alpha value is -3.16. The van der Waals surface area contributed by atoms with Crippen LogP contribution in [0.4, 0.5) is 9.59 Å². The van der Waals surface area contributed by atoms with E-state index in [4.69, 9.17) is 4.74 Å². The molecule has 8 heteroatoms. The number of ether oxygens (including phenoxy) is 1. The van der Waals surface area contributed by atoms with E-state index < -0.39 is 29.5 Å². The largest absolute Gasteiger partial charge is 0.450 e. The number of benzene rings is 1. The summed E-state index contributed by atoms with van der Waals surface area (Å²) in [4.78, 5) is 50.2. The molecular weight excluding hydrogens is 374 g/mol. The number of carbonyl (C=O) groups excluding carboxylic acids is 4. The average molecular weight is 403 g/mol. The number of alkyl carbamates (subject to hydrolysis) is 1. The smallest absolute Gasteiger partial charge is 0.407 e. The molecule has 1 aromatic rings. The first kappa shape index (κ1) is 23.9. The van der Waals surface area contributed by atoms with Crippen LogP contribution in [0.3, 0.4) is 0 Å². The number of carbonyl (C=O) groups is 4. The zero-order valence-electron chi connectivity index (χ0n) is 17.3. The second kappa shape index (κ2) is 11.6. The van der Waals surface area contributed by atoms with Crippen LogP contribution in [0.5, 0.6) is 0 Å². The van der Waals surface area contributed by atoms with Crippen molar-refractivity contribution in [3.63, 3.8) is 0 Å². The Labute approximate surface area is 171 Å².